The Morgan fingerprint density at radius 3 is 2.37 bits per heavy atom. The Kier molecular flexibility index (Phi) is 5.71. The van der Waals surface area contributed by atoms with Gasteiger partial charge >= 0.3 is 0 Å². The highest BCUT2D eigenvalue weighted by Crippen LogP contribution is 2.52. The van der Waals surface area contributed by atoms with Crippen LogP contribution in [-0.4, -0.2) is 41.2 Å². The summed E-state index contributed by atoms with van der Waals surface area (Å²) in [5.74, 6) is 0.638. The van der Waals surface area contributed by atoms with Gasteiger partial charge in [-0.15, -0.1) is 0 Å². The molecule has 2 atom stereocenters. The Bertz CT molecular complexity index is 794. The molecule has 2 aliphatic carbocycles. The SMILES string of the molecule is CN(Cc1ccc(C(=O)N2CC3(C)CC2CC(C)(C)C3)cc1)C(=O)C1CCCCC1. The molecule has 4 heteroatoms. The topological polar surface area (TPSA) is 40.6 Å². The molecule has 0 N–H and O–H groups in total. The third-order valence-corrected chi connectivity index (χ3v) is 7.63. The Morgan fingerprint density at radius 1 is 1.03 bits per heavy atom. The zero-order valence-corrected chi connectivity index (χ0v) is 19.2. The van der Waals surface area contributed by atoms with E-state index in [1.807, 2.05) is 36.2 Å². The largest absolute Gasteiger partial charge is 0.341 e. The second-order valence-corrected chi connectivity index (χ2v) is 11.4. The van der Waals surface area contributed by atoms with E-state index in [4.69, 9.17) is 0 Å². The van der Waals surface area contributed by atoms with E-state index >= 15 is 0 Å². The van der Waals surface area contributed by atoms with Crippen LogP contribution in [0.3, 0.4) is 0 Å². The number of hydrogen-bond acceptors (Lipinski definition) is 2. The van der Waals surface area contributed by atoms with Crippen LogP contribution in [0.25, 0.3) is 0 Å². The molecule has 0 radical (unpaired) electrons. The van der Waals surface area contributed by atoms with Crippen LogP contribution in [0.4, 0.5) is 0 Å². The average molecular weight is 411 g/mol. The van der Waals surface area contributed by atoms with Gasteiger partial charge in [0.1, 0.15) is 0 Å². The van der Waals surface area contributed by atoms with E-state index in [0.717, 1.165) is 43.4 Å². The zero-order chi connectivity index (χ0) is 21.5. The van der Waals surface area contributed by atoms with Crippen LogP contribution in [-0.2, 0) is 11.3 Å². The fraction of sp³-hybridized carbons (Fsp3) is 0.692. The monoisotopic (exact) mass is 410 g/mol. The first kappa shape index (κ1) is 21.4. The Labute approximate surface area is 182 Å². The van der Waals surface area contributed by atoms with Gasteiger partial charge < -0.3 is 9.80 Å². The van der Waals surface area contributed by atoms with Crippen molar-refractivity contribution in [3.63, 3.8) is 0 Å². The number of benzene rings is 1. The number of carbonyl (C=O) groups excluding carboxylic acids is 2. The molecular formula is C26H38N2O2. The highest BCUT2D eigenvalue weighted by molar-refractivity contribution is 5.94. The Morgan fingerprint density at radius 2 is 1.70 bits per heavy atom. The predicted octanol–water partition coefficient (Wildman–Crippen LogP) is 5.27. The summed E-state index contributed by atoms with van der Waals surface area (Å²) < 4.78 is 0. The maximum absolute atomic E-state index is 13.3. The maximum Gasteiger partial charge on any atom is 0.254 e. The van der Waals surface area contributed by atoms with Crippen LogP contribution in [0, 0.1) is 16.7 Å². The number of amides is 2. The van der Waals surface area contributed by atoms with Crippen molar-refractivity contribution in [2.24, 2.45) is 16.7 Å². The minimum absolute atomic E-state index is 0.166. The molecule has 0 aromatic heterocycles. The van der Waals surface area contributed by atoms with Crippen LogP contribution in [0.2, 0.25) is 0 Å². The Hall–Kier alpha value is -1.84. The van der Waals surface area contributed by atoms with Gasteiger partial charge in [-0.2, -0.15) is 0 Å². The van der Waals surface area contributed by atoms with E-state index in [9.17, 15) is 9.59 Å². The van der Waals surface area contributed by atoms with Crippen LogP contribution in [0.5, 0.6) is 0 Å². The molecule has 1 aromatic carbocycles. The smallest absolute Gasteiger partial charge is 0.254 e. The van der Waals surface area contributed by atoms with Crippen molar-refractivity contribution in [1.29, 1.82) is 0 Å². The maximum atomic E-state index is 13.3. The molecule has 0 spiro atoms. The summed E-state index contributed by atoms with van der Waals surface area (Å²) in [4.78, 5) is 29.9. The molecule has 2 amide bonds. The van der Waals surface area contributed by atoms with Crippen LogP contribution < -0.4 is 0 Å². The number of fused-ring (bicyclic) bond motifs is 2. The summed E-state index contributed by atoms with van der Waals surface area (Å²) in [6.07, 6.45) is 9.10. The van der Waals surface area contributed by atoms with Gasteiger partial charge in [-0.3, -0.25) is 9.59 Å². The lowest BCUT2D eigenvalue weighted by atomic mass is 9.65. The molecule has 3 fully saturated rings. The van der Waals surface area contributed by atoms with Gasteiger partial charge in [0.15, 0.2) is 0 Å². The summed E-state index contributed by atoms with van der Waals surface area (Å²) >= 11 is 0. The first-order valence-electron chi connectivity index (χ1n) is 11.8. The minimum Gasteiger partial charge on any atom is -0.341 e. The fourth-order valence-electron chi connectivity index (χ4n) is 6.63. The first-order chi connectivity index (χ1) is 14.2. The molecule has 4 rings (SSSR count). The van der Waals surface area contributed by atoms with E-state index in [1.54, 1.807) is 0 Å². The van der Waals surface area contributed by atoms with E-state index in [-0.39, 0.29) is 23.1 Å². The number of hydrogen-bond donors (Lipinski definition) is 0. The zero-order valence-electron chi connectivity index (χ0n) is 19.2. The summed E-state index contributed by atoms with van der Waals surface area (Å²) in [6.45, 7) is 8.51. The fourth-order valence-corrected chi connectivity index (χ4v) is 6.63. The summed E-state index contributed by atoms with van der Waals surface area (Å²) in [5.41, 5.74) is 2.43. The van der Waals surface area contributed by atoms with Crippen molar-refractivity contribution in [2.75, 3.05) is 13.6 Å². The van der Waals surface area contributed by atoms with E-state index in [0.29, 0.717) is 18.0 Å². The van der Waals surface area contributed by atoms with Gasteiger partial charge in [0, 0.05) is 37.7 Å². The highest BCUT2D eigenvalue weighted by Gasteiger charge is 2.51. The average Bonchev–Trinajstić information content (AvgIpc) is 2.96. The van der Waals surface area contributed by atoms with Gasteiger partial charge in [0.2, 0.25) is 5.91 Å². The number of carbonyl (C=O) groups is 2. The highest BCUT2D eigenvalue weighted by atomic mass is 16.2. The van der Waals surface area contributed by atoms with Crippen LogP contribution in [0.15, 0.2) is 24.3 Å². The molecule has 3 aliphatic rings. The molecule has 2 bridgehead atoms. The van der Waals surface area contributed by atoms with Crippen molar-refractivity contribution < 1.29 is 9.59 Å². The lowest BCUT2D eigenvalue weighted by molar-refractivity contribution is -0.135. The van der Waals surface area contributed by atoms with Crippen LogP contribution >= 0.6 is 0 Å². The van der Waals surface area contributed by atoms with Gasteiger partial charge in [-0.1, -0.05) is 52.2 Å². The molecule has 1 saturated heterocycles. The summed E-state index contributed by atoms with van der Waals surface area (Å²) in [7, 11) is 1.91. The van der Waals surface area contributed by atoms with E-state index in [2.05, 4.69) is 25.7 Å². The Balaban J connectivity index is 1.39. The second kappa shape index (κ2) is 8.01. The third-order valence-electron chi connectivity index (χ3n) is 7.63. The van der Waals surface area contributed by atoms with Crippen molar-refractivity contribution in [3.8, 4) is 0 Å². The van der Waals surface area contributed by atoms with Crippen molar-refractivity contribution in [2.45, 2.75) is 84.7 Å². The molecule has 1 aliphatic heterocycles. The third kappa shape index (κ3) is 4.43. The lowest BCUT2D eigenvalue weighted by Gasteiger charge is -2.39. The predicted molar refractivity (Wildman–Crippen MR) is 120 cm³/mol. The number of rotatable bonds is 4. The summed E-state index contributed by atoms with van der Waals surface area (Å²) in [6, 6.07) is 8.31. The number of nitrogens with zero attached hydrogens (tertiary/aromatic N) is 2. The van der Waals surface area contributed by atoms with E-state index < -0.39 is 0 Å². The quantitative estimate of drug-likeness (QED) is 0.679. The molecule has 164 valence electrons. The van der Waals surface area contributed by atoms with Gasteiger partial charge in [-0.05, 0) is 60.6 Å². The molecule has 1 heterocycles. The normalized spacial score (nSPS) is 28.4. The molecular weight excluding hydrogens is 372 g/mol. The van der Waals surface area contributed by atoms with Crippen molar-refractivity contribution in [3.05, 3.63) is 35.4 Å². The molecule has 2 unspecified atom stereocenters. The standard InChI is InChI=1S/C26H38N2O2/c1-25(2)14-22-15-26(3,17-25)18-28(22)24(30)21-12-10-19(11-13-21)16-27(4)23(29)20-8-6-5-7-9-20/h10-13,20,22H,5-9,14-18H2,1-4H3. The van der Waals surface area contributed by atoms with E-state index in [1.165, 1.54) is 25.7 Å². The molecule has 4 nitrogen and oxygen atoms in total. The second-order valence-electron chi connectivity index (χ2n) is 11.4. The van der Waals surface area contributed by atoms with Gasteiger partial charge in [0.05, 0.1) is 0 Å². The molecule has 1 aromatic rings. The van der Waals surface area contributed by atoms with Crippen molar-refractivity contribution >= 4 is 11.8 Å². The van der Waals surface area contributed by atoms with Gasteiger partial charge in [0.25, 0.3) is 5.91 Å². The number of likely N-dealkylation sites (tertiary alicyclic amines) is 1. The molecule has 2 saturated carbocycles. The summed E-state index contributed by atoms with van der Waals surface area (Å²) in [5, 5.41) is 0. The first-order valence-corrected chi connectivity index (χ1v) is 11.8. The van der Waals surface area contributed by atoms with Gasteiger partial charge in [-0.25, -0.2) is 0 Å². The minimum atomic E-state index is 0.166. The molecule has 30 heavy (non-hydrogen) atoms. The van der Waals surface area contributed by atoms with Crippen molar-refractivity contribution in [1.82, 2.24) is 9.80 Å². The van der Waals surface area contributed by atoms with Crippen LogP contribution in [0.1, 0.15) is 88.1 Å². The lowest BCUT2D eigenvalue weighted by Crippen LogP contribution is -2.37.